The zero-order valence-corrected chi connectivity index (χ0v) is 30.1. The maximum atomic E-state index is 13.1. The predicted molar refractivity (Wildman–Crippen MR) is 182 cm³/mol. The van der Waals surface area contributed by atoms with Crippen molar-refractivity contribution in [3.8, 4) is 0 Å². The van der Waals surface area contributed by atoms with Crippen molar-refractivity contribution in [1.82, 2.24) is 9.80 Å². The maximum absolute atomic E-state index is 13.1. The molecule has 0 aromatic heterocycles. The number of nitrogens with zero attached hydrogens (tertiary/aromatic N) is 2. The highest BCUT2D eigenvalue weighted by atomic mass is 16.6. The summed E-state index contributed by atoms with van der Waals surface area (Å²) in [4.78, 5) is 29.6. The highest BCUT2D eigenvalue weighted by molar-refractivity contribution is 5.70. The molecule has 1 amide bonds. The monoisotopic (exact) mass is 666 g/mol. The zero-order valence-electron chi connectivity index (χ0n) is 30.1. The number of carbonyl (C=O) groups excluding carboxylic acids is 2. The molecule has 0 aliphatic carbocycles. The van der Waals surface area contributed by atoms with Crippen LogP contribution in [-0.4, -0.2) is 123 Å². The molecule has 0 bridgehead atoms. The molecule has 11 nitrogen and oxygen atoms in total. The first-order valence-corrected chi connectivity index (χ1v) is 17.3. The summed E-state index contributed by atoms with van der Waals surface area (Å²) in [6.45, 7) is 17.8. The van der Waals surface area contributed by atoms with E-state index in [-0.39, 0.29) is 43.3 Å². The fourth-order valence-electron chi connectivity index (χ4n) is 5.92. The molecule has 10 atom stereocenters. The van der Waals surface area contributed by atoms with Crippen molar-refractivity contribution < 1.29 is 44.2 Å². The number of amides is 1. The van der Waals surface area contributed by atoms with E-state index in [1.165, 1.54) is 4.90 Å². The first-order valence-electron chi connectivity index (χ1n) is 17.3. The van der Waals surface area contributed by atoms with Crippen LogP contribution in [0.2, 0.25) is 0 Å². The van der Waals surface area contributed by atoms with Crippen LogP contribution in [0.15, 0.2) is 36.0 Å². The van der Waals surface area contributed by atoms with Crippen LogP contribution >= 0.6 is 0 Å². The Balaban J connectivity index is 2.21. The van der Waals surface area contributed by atoms with Gasteiger partial charge in [0.15, 0.2) is 6.10 Å². The molecular weight excluding hydrogens is 604 g/mol. The van der Waals surface area contributed by atoms with E-state index >= 15 is 0 Å². The van der Waals surface area contributed by atoms with Crippen molar-refractivity contribution in [1.29, 1.82) is 0 Å². The number of cyclic esters (lactones) is 1. The van der Waals surface area contributed by atoms with E-state index in [4.69, 9.17) is 14.2 Å². The van der Waals surface area contributed by atoms with Crippen molar-refractivity contribution in [2.24, 2.45) is 11.8 Å². The Labute approximate surface area is 282 Å². The average molecular weight is 667 g/mol. The molecule has 0 radical (unpaired) electrons. The Morgan fingerprint density at radius 3 is 2.51 bits per heavy atom. The standard InChI is InChI=1S/C36H62N2O9/c1-10-28(40)26(6)33-29(45-33)23-35(7,43)18-13-14-24(4)32-25(5)15-16-30(36(8,44)19-17-27(39)22-31(41)47-32)46-34(42)37(9)20-21-38(11-2)12-3/h13-16,18,25-30,32-33,39-40,43-44H,10-12,17,19-23H2,1-9H3/b16-15+,18-13+,24-14+. The Hall–Kier alpha value is -2.28. The summed E-state index contributed by atoms with van der Waals surface area (Å²) < 4.78 is 17.4. The van der Waals surface area contributed by atoms with Crippen LogP contribution in [0.3, 0.4) is 0 Å². The number of esters is 1. The molecular formula is C36H62N2O9. The molecule has 0 saturated carbocycles. The van der Waals surface area contributed by atoms with Crippen molar-refractivity contribution in [3.05, 3.63) is 36.0 Å². The Morgan fingerprint density at radius 1 is 1.23 bits per heavy atom. The Kier molecular flexibility index (Phi) is 16.1. The quantitative estimate of drug-likeness (QED) is 0.0927. The fourth-order valence-corrected chi connectivity index (χ4v) is 5.92. The molecule has 270 valence electrons. The second-order valence-corrected chi connectivity index (χ2v) is 14.0. The van der Waals surface area contributed by atoms with Gasteiger partial charge in [0.2, 0.25) is 0 Å². The van der Waals surface area contributed by atoms with Gasteiger partial charge in [-0.3, -0.25) is 4.79 Å². The number of aliphatic hydroxyl groups excluding tert-OH is 2. The van der Waals surface area contributed by atoms with Crippen LogP contribution in [0.5, 0.6) is 0 Å². The number of rotatable bonds is 14. The molecule has 0 spiro atoms. The van der Waals surface area contributed by atoms with E-state index in [1.54, 1.807) is 51.3 Å². The third-order valence-corrected chi connectivity index (χ3v) is 9.55. The molecule has 10 unspecified atom stereocenters. The van der Waals surface area contributed by atoms with Gasteiger partial charge < -0.3 is 44.4 Å². The lowest BCUT2D eigenvalue weighted by molar-refractivity contribution is -0.151. The van der Waals surface area contributed by atoms with E-state index < -0.39 is 47.7 Å². The van der Waals surface area contributed by atoms with Gasteiger partial charge in [-0.2, -0.15) is 0 Å². The molecule has 1 fully saturated rings. The number of allylic oxidation sites excluding steroid dienone is 2. The summed E-state index contributed by atoms with van der Waals surface area (Å²) in [5.41, 5.74) is -1.96. The molecule has 4 N–H and O–H groups in total. The molecule has 0 aromatic carbocycles. The highest BCUT2D eigenvalue weighted by Crippen LogP contribution is 2.37. The SMILES string of the molecule is CCC(O)C(C)C1OC1CC(C)(O)/C=C/C=C(\C)C1OC(=O)CC(O)CCC(C)(O)C(OC(=O)N(C)CCN(CC)CC)/C=C/C1C. The summed E-state index contributed by atoms with van der Waals surface area (Å²) in [6, 6.07) is 0. The van der Waals surface area contributed by atoms with Gasteiger partial charge >= 0.3 is 12.1 Å². The lowest BCUT2D eigenvalue weighted by atomic mass is 9.88. The van der Waals surface area contributed by atoms with Gasteiger partial charge in [-0.25, -0.2) is 4.79 Å². The molecule has 11 heteroatoms. The largest absolute Gasteiger partial charge is 0.457 e. The van der Waals surface area contributed by atoms with Gasteiger partial charge in [0, 0.05) is 38.4 Å². The first kappa shape index (κ1) is 40.9. The number of ether oxygens (including phenoxy) is 3. The van der Waals surface area contributed by atoms with Gasteiger partial charge in [-0.15, -0.1) is 0 Å². The van der Waals surface area contributed by atoms with E-state index in [0.29, 0.717) is 31.5 Å². The number of epoxide rings is 1. The van der Waals surface area contributed by atoms with Crippen LogP contribution in [0, 0.1) is 11.8 Å². The minimum absolute atomic E-state index is 0.0129. The third kappa shape index (κ3) is 13.3. The van der Waals surface area contributed by atoms with Crippen molar-refractivity contribution in [2.45, 2.75) is 135 Å². The van der Waals surface area contributed by atoms with Gasteiger partial charge in [-0.1, -0.05) is 58.9 Å². The predicted octanol–water partition coefficient (Wildman–Crippen LogP) is 3.98. The van der Waals surface area contributed by atoms with Crippen molar-refractivity contribution in [2.75, 3.05) is 33.2 Å². The minimum Gasteiger partial charge on any atom is -0.457 e. The molecule has 2 rings (SSSR count). The van der Waals surface area contributed by atoms with Gasteiger partial charge in [-0.05, 0) is 64.8 Å². The number of likely N-dealkylation sites (N-methyl/N-ethyl adjacent to an activating group) is 2. The van der Waals surface area contributed by atoms with Crippen molar-refractivity contribution >= 4 is 12.1 Å². The first-order chi connectivity index (χ1) is 21.9. The zero-order chi connectivity index (χ0) is 35.5. The van der Waals surface area contributed by atoms with E-state index in [0.717, 1.165) is 13.1 Å². The summed E-state index contributed by atoms with van der Waals surface area (Å²) in [7, 11) is 1.66. The van der Waals surface area contributed by atoms with Crippen LogP contribution in [0.4, 0.5) is 4.79 Å². The lowest BCUT2D eigenvalue weighted by Gasteiger charge is -2.34. The van der Waals surface area contributed by atoms with Crippen molar-refractivity contribution in [3.63, 3.8) is 0 Å². The summed E-state index contributed by atoms with van der Waals surface area (Å²) in [5.74, 6) is -0.962. The number of hydrogen-bond donors (Lipinski definition) is 4. The number of hydrogen-bond acceptors (Lipinski definition) is 10. The fraction of sp³-hybridized carbons (Fsp3) is 0.778. The van der Waals surface area contributed by atoms with Crippen LogP contribution in [0.1, 0.15) is 87.5 Å². The normalized spacial score (nSPS) is 32.5. The lowest BCUT2D eigenvalue weighted by Crippen LogP contribution is -2.45. The second-order valence-electron chi connectivity index (χ2n) is 14.0. The molecule has 2 aliphatic rings. The maximum Gasteiger partial charge on any atom is 0.410 e. The Bertz CT molecular complexity index is 1080. The third-order valence-electron chi connectivity index (χ3n) is 9.55. The van der Waals surface area contributed by atoms with E-state index in [2.05, 4.69) is 18.7 Å². The minimum atomic E-state index is -1.50. The molecule has 2 aliphatic heterocycles. The van der Waals surface area contributed by atoms with Gasteiger partial charge in [0.1, 0.15) is 11.7 Å². The van der Waals surface area contributed by atoms with Gasteiger partial charge in [0.05, 0.1) is 36.4 Å². The summed E-state index contributed by atoms with van der Waals surface area (Å²) in [6.07, 6.45) is 5.53. The van der Waals surface area contributed by atoms with Gasteiger partial charge in [0.25, 0.3) is 0 Å². The molecule has 47 heavy (non-hydrogen) atoms. The number of carbonyl (C=O) groups is 2. The molecule has 0 aromatic rings. The van der Waals surface area contributed by atoms with Crippen LogP contribution < -0.4 is 0 Å². The highest BCUT2D eigenvalue weighted by Gasteiger charge is 2.47. The number of aliphatic hydroxyl groups is 4. The average Bonchev–Trinajstić information content (AvgIpc) is 3.77. The smallest absolute Gasteiger partial charge is 0.410 e. The second kappa shape index (κ2) is 18.5. The Morgan fingerprint density at radius 2 is 1.89 bits per heavy atom. The topological polar surface area (TPSA) is 153 Å². The molecule has 1 saturated heterocycles. The molecule has 2 heterocycles. The summed E-state index contributed by atoms with van der Waals surface area (Å²) >= 11 is 0. The van der Waals surface area contributed by atoms with E-state index in [1.807, 2.05) is 27.7 Å². The van der Waals surface area contributed by atoms with Crippen LogP contribution in [0.25, 0.3) is 0 Å². The summed E-state index contributed by atoms with van der Waals surface area (Å²) in [5, 5.41) is 43.1. The van der Waals surface area contributed by atoms with E-state index in [9.17, 15) is 30.0 Å². The van der Waals surface area contributed by atoms with Crippen LogP contribution in [-0.2, 0) is 19.0 Å².